The molecule has 1 aromatic carbocycles. The summed E-state index contributed by atoms with van der Waals surface area (Å²) in [5.74, 6) is -0.363. The van der Waals surface area contributed by atoms with Crippen molar-refractivity contribution in [3.63, 3.8) is 0 Å². The number of ether oxygens (including phenoxy) is 1. The van der Waals surface area contributed by atoms with Gasteiger partial charge >= 0.3 is 12.0 Å². The topological polar surface area (TPSA) is 108 Å². The standard InChI is InChI=1S/C27H44N2O4.C5H9NO/c1-4-6-16-28-27(32)29(20-23-12-10-21(3)11-13-23)17-18-33-25-9-7-8-22(19-25)14-15-24(5-2)26(30)31;1-2-3-4-6-5-7/h10-13,22,24-25H,4-9,14-20H2,1-3H3,(H,28,32)(H,30,31);2-4H2,1H3/t22-,24?,25-;/m1./s1. The Morgan fingerprint density at radius 3 is 2.50 bits per heavy atom. The Balaban J connectivity index is 0.00000101. The van der Waals surface area contributed by atoms with Gasteiger partial charge in [-0.05, 0) is 63.4 Å². The largest absolute Gasteiger partial charge is 0.481 e. The number of nitrogens with zero attached hydrogens (tertiary/aromatic N) is 2. The second-order valence-electron chi connectivity index (χ2n) is 10.9. The average Bonchev–Trinajstić information content (AvgIpc) is 2.95. The highest BCUT2D eigenvalue weighted by Crippen LogP contribution is 2.31. The van der Waals surface area contributed by atoms with Crippen LogP contribution in [0.1, 0.15) is 103 Å². The summed E-state index contributed by atoms with van der Waals surface area (Å²) in [6.07, 6.45) is 12.5. The van der Waals surface area contributed by atoms with Gasteiger partial charge in [0, 0.05) is 19.6 Å². The highest BCUT2D eigenvalue weighted by atomic mass is 16.5. The lowest BCUT2D eigenvalue weighted by Gasteiger charge is -2.31. The van der Waals surface area contributed by atoms with Gasteiger partial charge in [-0.2, -0.15) is 0 Å². The van der Waals surface area contributed by atoms with Crippen LogP contribution >= 0.6 is 0 Å². The van der Waals surface area contributed by atoms with E-state index in [9.17, 15) is 19.5 Å². The molecule has 1 saturated carbocycles. The van der Waals surface area contributed by atoms with Crippen molar-refractivity contribution in [3.8, 4) is 0 Å². The van der Waals surface area contributed by atoms with E-state index < -0.39 is 5.97 Å². The average molecular weight is 560 g/mol. The number of urea groups is 1. The summed E-state index contributed by atoms with van der Waals surface area (Å²) in [6.45, 7) is 11.2. The van der Waals surface area contributed by atoms with Crippen LogP contribution in [0.15, 0.2) is 29.3 Å². The maximum Gasteiger partial charge on any atom is 0.317 e. The van der Waals surface area contributed by atoms with E-state index in [2.05, 4.69) is 55.3 Å². The molecule has 2 rings (SSSR count). The Hall–Kier alpha value is -2.70. The van der Waals surface area contributed by atoms with E-state index in [4.69, 9.17) is 4.74 Å². The fraction of sp³-hybridized carbons (Fsp3) is 0.719. The molecule has 0 heterocycles. The number of aryl methyl sites for hydroxylation is 1. The van der Waals surface area contributed by atoms with Gasteiger partial charge in [-0.1, -0.05) is 76.3 Å². The number of aliphatic carboxylic acids is 1. The number of rotatable bonds is 17. The van der Waals surface area contributed by atoms with Gasteiger partial charge < -0.3 is 20.1 Å². The van der Waals surface area contributed by atoms with Crippen LogP contribution in [-0.2, 0) is 20.9 Å². The number of isocyanates is 1. The molecule has 0 aliphatic heterocycles. The second kappa shape index (κ2) is 22.0. The first kappa shape index (κ1) is 35.3. The van der Waals surface area contributed by atoms with Crippen molar-refractivity contribution in [3.05, 3.63) is 35.4 Å². The molecular formula is C32H53N3O5. The minimum Gasteiger partial charge on any atom is -0.481 e. The third-order valence-corrected chi connectivity index (χ3v) is 7.49. The Bertz CT molecular complexity index is 870. The molecule has 0 bridgehead atoms. The summed E-state index contributed by atoms with van der Waals surface area (Å²) < 4.78 is 6.22. The Labute approximate surface area is 242 Å². The van der Waals surface area contributed by atoms with Crippen LogP contribution in [0.5, 0.6) is 0 Å². The molecule has 0 radical (unpaired) electrons. The highest BCUT2D eigenvalue weighted by Gasteiger charge is 2.25. The molecule has 1 unspecified atom stereocenters. The molecule has 226 valence electrons. The van der Waals surface area contributed by atoms with Gasteiger partial charge in [-0.3, -0.25) is 4.79 Å². The van der Waals surface area contributed by atoms with Crippen molar-refractivity contribution in [2.45, 2.75) is 111 Å². The number of aliphatic imine (C=N–C) groups is 1. The molecule has 1 aliphatic carbocycles. The highest BCUT2D eigenvalue weighted by molar-refractivity contribution is 5.74. The molecule has 8 nitrogen and oxygen atoms in total. The number of amides is 2. The predicted molar refractivity (Wildman–Crippen MR) is 160 cm³/mol. The number of unbranched alkanes of at least 4 members (excludes halogenated alkanes) is 2. The first-order chi connectivity index (χ1) is 19.3. The summed E-state index contributed by atoms with van der Waals surface area (Å²) in [7, 11) is 0. The summed E-state index contributed by atoms with van der Waals surface area (Å²) >= 11 is 0. The third kappa shape index (κ3) is 15.8. The first-order valence-corrected chi connectivity index (χ1v) is 15.3. The lowest BCUT2D eigenvalue weighted by atomic mass is 9.82. The van der Waals surface area contributed by atoms with Crippen molar-refractivity contribution in [1.29, 1.82) is 0 Å². The number of carboxylic acid groups (broad SMARTS) is 1. The van der Waals surface area contributed by atoms with Crippen molar-refractivity contribution >= 4 is 18.1 Å². The van der Waals surface area contributed by atoms with Gasteiger partial charge in [0.05, 0.1) is 25.2 Å². The van der Waals surface area contributed by atoms with Crippen LogP contribution in [0, 0.1) is 18.8 Å². The van der Waals surface area contributed by atoms with E-state index >= 15 is 0 Å². The van der Waals surface area contributed by atoms with Gasteiger partial charge in [0.15, 0.2) is 0 Å². The fourth-order valence-corrected chi connectivity index (χ4v) is 4.86. The van der Waals surface area contributed by atoms with Crippen molar-refractivity contribution in [2.24, 2.45) is 16.8 Å². The van der Waals surface area contributed by atoms with Crippen LogP contribution in [0.2, 0.25) is 0 Å². The van der Waals surface area contributed by atoms with E-state index in [1.807, 2.05) is 11.8 Å². The lowest BCUT2D eigenvalue weighted by molar-refractivity contribution is -0.142. The molecule has 1 aromatic rings. The molecule has 0 aromatic heterocycles. The molecule has 8 heteroatoms. The molecule has 2 N–H and O–H groups in total. The quantitative estimate of drug-likeness (QED) is 0.123. The molecular weight excluding hydrogens is 506 g/mol. The minimum atomic E-state index is -0.674. The summed E-state index contributed by atoms with van der Waals surface area (Å²) in [5.41, 5.74) is 2.33. The van der Waals surface area contributed by atoms with Crippen LogP contribution in [-0.4, -0.2) is 60.4 Å². The van der Waals surface area contributed by atoms with Crippen LogP contribution in [0.25, 0.3) is 0 Å². The number of benzene rings is 1. The summed E-state index contributed by atoms with van der Waals surface area (Å²) in [5, 5.41) is 12.3. The van der Waals surface area contributed by atoms with Gasteiger partial charge in [0.25, 0.3) is 0 Å². The zero-order chi connectivity index (χ0) is 29.6. The fourth-order valence-electron chi connectivity index (χ4n) is 4.86. The van der Waals surface area contributed by atoms with E-state index in [0.717, 1.165) is 69.8 Å². The van der Waals surface area contributed by atoms with E-state index in [1.165, 1.54) is 11.6 Å². The zero-order valence-electron chi connectivity index (χ0n) is 25.3. The number of carbonyl (C=O) groups is 2. The smallest absolute Gasteiger partial charge is 0.317 e. The second-order valence-corrected chi connectivity index (χ2v) is 10.9. The van der Waals surface area contributed by atoms with Crippen molar-refractivity contribution in [2.75, 3.05) is 26.2 Å². The van der Waals surface area contributed by atoms with E-state index in [1.54, 1.807) is 0 Å². The first-order valence-electron chi connectivity index (χ1n) is 15.3. The van der Waals surface area contributed by atoms with Crippen molar-refractivity contribution in [1.82, 2.24) is 10.2 Å². The lowest BCUT2D eigenvalue weighted by Crippen LogP contribution is -2.42. The summed E-state index contributed by atoms with van der Waals surface area (Å²) in [4.78, 5) is 38.7. The third-order valence-electron chi connectivity index (χ3n) is 7.49. The zero-order valence-corrected chi connectivity index (χ0v) is 25.3. The van der Waals surface area contributed by atoms with Crippen LogP contribution in [0.3, 0.4) is 0 Å². The van der Waals surface area contributed by atoms with Crippen LogP contribution < -0.4 is 5.32 Å². The number of nitrogens with one attached hydrogen (secondary N) is 1. The molecule has 1 aliphatic rings. The Morgan fingerprint density at radius 2 is 1.88 bits per heavy atom. The van der Waals surface area contributed by atoms with E-state index in [0.29, 0.717) is 45.1 Å². The van der Waals surface area contributed by atoms with Gasteiger partial charge in [-0.25, -0.2) is 14.6 Å². The molecule has 0 spiro atoms. The molecule has 40 heavy (non-hydrogen) atoms. The van der Waals surface area contributed by atoms with E-state index in [-0.39, 0.29) is 18.1 Å². The normalized spacial score (nSPS) is 17.1. The Kier molecular flexibility index (Phi) is 19.5. The number of hydrogen-bond acceptors (Lipinski definition) is 5. The van der Waals surface area contributed by atoms with Gasteiger partial charge in [0.1, 0.15) is 0 Å². The molecule has 3 atom stereocenters. The van der Waals surface area contributed by atoms with Gasteiger partial charge in [0.2, 0.25) is 6.08 Å². The molecule has 2 amide bonds. The predicted octanol–water partition coefficient (Wildman–Crippen LogP) is 6.90. The maximum atomic E-state index is 12.8. The number of carbonyl (C=O) groups excluding carboxylic acids is 2. The van der Waals surface area contributed by atoms with Gasteiger partial charge in [-0.15, -0.1) is 0 Å². The SMILES string of the molecule is CCCCN=C=O.CCCCNC(=O)N(CCO[C@@H]1CCC[C@H](CCC(CC)C(=O)O)C1)Cc1ccc(C)cc1. The Morgan fingerprint density at radius 1 is 1.15 bits per heavy atom. The monoisotopic (exact) mass is 559 g/mol. The maximum absolute atomic E-state index is 12.8. The molecule has 1 fully saturated rings. The van der Waals surface area contributed by atoms with Crippen LogP contribution in [0.4, 0.5) is 4.79 Å². The minimum absolute atomic E-state index is 0.0339. The number of hydrogen-bond donors (Lipinski definition) is 2. The molecule has 0 saturated heterocycles. The summed E-state index contributed by atoms with van der Waals surface area (Å²) in [6, 6.07) is 8.28. The number of carboxylic acids is 1. The van der Waals surface area contributed by atoms with Crippen molar-refractivity contribution < 1.29 is 24.2 Å².